The highest BCUT2D eigenvalue weighted by atomic mass is 16.3. The molecule has 1 unspecified atom stereocenters. The van der Waals surface area contributed by atoms with Crippen molar-refractivity contribution >= 4 is 5.91 Å². The smallest absolute Gasteiger partial charge is 0.233 e. The van der Waals surface area contributed by atoms with Crippen LogP contribution in [0.5, 0.6) is 0 Å². The van der Waals surface area contributed by atoms with Gasteiger partial charge in [-0.3, -0.25) is 10.1 Å². The van der Waals surface area contributed by atoms with E-state index in [9.17, 15) is 4.79 Å². The van der Waals surface area contributed by atoms with E-state index in [4.69, 9.17) is 11.5 Å². The molecule has 0 bridgehead atoms. The van der Waals surface area contributed by atoms with Gasteiger partial charge in [0.2, 0.25) is 5.91 Å². The van der Waals surface area contributed by atoms with Crippen molar-refractivity contribution in [1.82, 2.24) is 10.6 Å². The largest absolute Gasteiger partial charge is 0.396 e. The second-order valence-corrected chi connectivity index (χ2v) is 3.78. The van der Waals surface area contributed by atoms with Crippen LogP contribution in [0.2, 0.25) is 0 Å². The van der Waals surface area contributed by atoms with Crippen molar-refractivity contribution in [1.29, 1.82) is 0 Å². The van der Waals surface area contributed by atoms with Gasteiger partial charge in [0.25, 0.3) is 0 Å². The van der Waals surface area contributed by atoms with E-state index >= 15 is 0 Å². The SMILES string of the molecule is C#CCNCC(=O)NCC(CCC)CCO. The zero-order valence-corrected chi connectivity index (χ0v) is 9.96. The maximum absolute atomic E-state index is 11.3. The van der Waals surface area contributed by atoms with Gasteiger partial charge in [-0.15, -0.1) is 6.42 Å². The molecule has 0 rings (SSSR count). The Balaban J connectivity index is 3.65. The molecule has 0 aromatic carbocycles. The molecule has 0 aliphatic carbocycles. The van der Waals surface area contributed by atoms with E-state index in [0.717, 1.165) is 19.3 Å². The van der Waals surface area contributed by atoms with Crippen molar-refractivity contribution in [2.45, 2.75) is 26.2 Å². The Morgan fingerprint density at radius 2 is 2.25 bits per heavy atom. The van der Waals surface area contributed by atoms with Crippen molar-refractivity contribution in [3.8, 4) is 12.3 Å². The zero-order chi connectivity index (χ0) is 12.2. The number of hydrogen-bond donors (Lipinski definition) is 3. The first kappa shape index (κ1) is 14.9. The van der Waals surface area contributed by atoms with Gasteiger partial charge in [-0.1, -0.05) is 19.3 Å². The zero-order valence-electron chi connectivity index (χ0n) is 9.96. The number of aliphatic hydroxyl groups is 1. The summed E-state index contributed by atoms with van der Waals surface area (Å²) < 4.78 is 0. The molecule has 4 nitrogen and oxygen atoms in total. The lowest BCUT2D eigenvalue weighted by atomic mass is 10.0. The molecule has 0 heterocycles. The van der Waals surface area contributed by atoms with Crippen LogP contribution in [-0.2, 0) is 4.79 Å². The lowest BCUT2D eigenvalue weighted by Gasteiger charge is -2.15. The average Bonchev–Trinajstić information content (AvgIpc) is 2.27. The molecule has 0 aromatic rings. The standard InChI is InChI=1S/C12H22N2O2/c1-3-5-11(6-8-15)9-14-12(16)10-13-7-4-2/h2,11,13,15H,3,5-10H2,1H3,(H,14,16). The van der Waals surface area contributed by atoms with Crippen molar-refractivity contribution in [3.05, 3.63) is 0 Å². The first-order valence-corrected chi connectivity index (χ1v) is 5.76. The Morgan fingerprint density at radius 3 is 2.81 bits per heavy atom. The molecule has 0 saturated heterocycles. The normalized spacial score (nSPS) is 11.8. The summed E-state index contributed by atoms with van der Waals surface area (Å²) in [6.45, 7) is 3.56. The number of terminal acetylenes is 1. The molecule has 0 spiro atoms. The number of carbonyl (C=O) groups is 1. The van der Waals surface area contributed by atoms with Gasteiger partial charge in [-0.05, 0) is 18.8 Å². The van der Waals surface area contributed by atoms with Gasteiger partial charge < -0.3 is 10.4 Å². The fraction of sp³-hybridized carbons (Fsp3) is 0.750. The molecular formula is C12H22N2O2. The van der Waals surface area contributed by atoms with Crippen LogP contribution in [0.3, 0.4) is 0 Å². The molecule has 4 heteroatoms. The van der Waals surface area contributed by atoms with Crippen LogP contribution in [0.25, 0.3) is 0 Å². The van der Waals surface area contributed by atoms with E-state index in [1.165, 1.54) is 0 Å². The summed E-state index contributed by atoms with van der Waals surface area (Å²) in [5, 5.41) is 14.5. The molecule has 1 amide bonds. The Labute approximate surface area is 97.8 Å². The van der Waals surface area contributed by atoms with E-state index in [0.29, 0.717) is 19.0 Å². The fourth-order valence-corrected chi connectivity index (χ4v) is 1.51. The molecular weight excluding hydrogens is 204 g/mol. The van der Waals surface area contributed by atoms with Gasteiger partial charge in [0.1, 0.15) is 0 Å². The number of amides is 1. The Kier molecular flexibility index (Phi) is 9.78. The molecule has 1 atom stereocenters. The summed E-state index contributed by atoms with van der Waals surface area (Å²) in [6.07, 6.45) is 7.88. The maximum Gasteiger partial charge on any atom is 0.233 e. The van der Waals surface area contributed by atoms with Crippen LogP contribution in [-0.4, -0.2) is 37.3 Å². The van der Waals surface area contributed by atoms with Crippen LogP contribution in [0.15, 0.2) is 0 Å². The average molecular weight is 226 g/mol. The third kappa shape index (κ3) is 8.27. The summed E-state index contributed by atoms with van der Waals surface area (Å²) in [7, 11) is 0. The van der Waals surface area contributed by atoms with Crippen molar-refractivity contribution in [2.75, 3.05) is 26.2 Å². The highest BCUT2D eigenvalue weighted by Crippen LogP contribution is 2.08. The molecule has 0 aliphatic rings. The quantitative estimate of drug-likeness (QED) is 0.387. The van der Waals surface area contributed by atoms with Gasteiger partial charge >= 0.3 is 0 Å². The van der Waals surface area contributed by atoms with E-state index in [2.05, 4.69) is 23.5 Å². The molecule has 0 aromatic heterocycles. The number of aliphatic hydroxyl groups excluding tert-OH is 1. The molecule has 0 saturated carbocycles. The summed E-state index contributed by atoms with van der Waals surface area (Å²) in [5.41, 5.74) is 0. The Hall–Kier alpha value is -1.05. The highest BCUT2D eigenvalue weighted by Gasteiger charge is 2.08. The number of nitrogens with one attached hydrogen (secondary N) is 2. The summed E-state index contributed by atoms with van der Waals surface area (Å²) in [4.78, 5) is 11.3. The van der Waals surface area contributed by atoms with Gasteiger partial charge in [-0.25, -0.2) is 0 Å². The summed E-state index contributed by atoms with van der Waals surface area (Å²) in [5.74, 6) is 2.72. The lowest BCUT2D eigenvalue weighted by Crippen LogP contribution is -2.36. The minimum Gasteiger partial charge on any atom is -0.396 e. The third-order valence-corrected chi connectivity index (χ3v) is 2.33. The molecule has 0 aliphatic heterocycles. The van der Waals surface area contributed by atoms with Crippen LogP contribution in [0, 0.1) is 18.3 Å². The van der Waals surface area contributed by atoms with Crippen molar-refractivity contribution < 1.29 is 9.90 Å². The van der Waals surface area contributed by atoms with E-state index in [-0.39, 0.29) is 19.1 Å². The molecule has 3 N–H and O–H groups in total. The van der Waals surface area contributed by atoms with Gasteiger partial charge in [-0.2, -0.15) is 0 Å². The first-order chi connectivity index (χ1) is 7.74. The maximum atomic E-state index is 11.3. The van der Waals surface area contributed by atoms with Gasteiger partial charge in [0.15, 0.2) is 0 Å². The number of hydrogen-bond acceptors (Lipinski definition) is 3. The van der Waals surface area contributed by atoms with Crippen LogP contribution >= 0.6 is 0 Å². The van der Waals surface area contributed by atoms with Crippen LogP contribution in [0.4, 0.5) is 0 Å². The third-order valence-electron chi connectivity index (χ3n) is 2.33. The van der Waals surface area contributed by atoms with Crippen LogP contribution in [0.1, 0.15) is 26.2 Å². The second-order valence-electron chi connectivity index (χ2n) is 3.78. The summed E-state index contributed by atoms with van der Waals surface area (Å²) in [6, 6.07) is 0. The monoisotopic (exact) mass is 226 g/mol. The highest BCUT2D eigenvalue weighted by molar-refractivity contribution is 5.77. The molecule has 92 valence electrons. The first-order valence-electron chi connectivity index (χ1n) is 5.76. The van der Waals surface area contributed by atoms with Crippen LogP contribution < -0.4 is 10.6 Å². The van der Waals surface area contributed by atoms with E-state index in [1.54, 1.807) is 0 Å². The van der Waals surface area contributed by atoms with E-state index in [1.807, 2.05) is 0 Å². The minimum atomic E-state index is -0.0470. The Morgan fingerprint density at radius 1 is 1.50 bits per heavy atom. The van der Waals surface area contributed by atoms with Gasteiger partial charge in [0.05, 0.1) is 13.1 Å². The van der Waals surface area contributed by atoms with Crippen molar-refractivity contribution in [3.63, 3.8) is 0 Å². The predicted molar refractivity (Wildman–Crippen MR) is 64.8 cm³/mol. The second kappa shape index (κ2) is 10.5. The lowest BCUT2D eigenvalue weighted by molar-refractivity contribution is -0.120. The predicted octanol–water partition coefficient (Wildman–Crippen LogP) is 0.124. The summed E-state index contributed by atoms with van der Waals surface area (Å²) >= 11 is 0. The van der Waals surface area contributed by atoms with Crippen molar-refractivity contribution in [2.24, 2.45) is 5.92 Å². The molecule has 16 heavy (non-hydrogen) atoms. The topological polar surface area (TPSA) is 61.4 Å². The molecule has 0 radical (unpaired) electrons. The Bertz CT molecular complexity index is 218. The minimum absolute atomic E-state index is 0.0470. The number of carbonyl (C=O) groups excluding carboxylic acids is 1. The fourth-order valence-electron chi connectivity index (χ4n) is 1.51. The van der Waals surface area contributed by atoms with E-state index < -0.39 is 0 Å². The van der Waals surface area contributed by atoms with Gasteiger partial charge in [0, 0.05) is 13.2 Å². The number of rotatable bonds is 9. The molecule has 0 fully saturated rings.